The molecule has 0 N–H and O–H groups in total. The number of nitrogens with zero attached hydrogens (tertiary/aromatic N) is 6. The zero-order chi connectivity index (χ0) is 101. The Hall–Kier alpha value is -17.6. The topological polar surface area (TPSA) is 175 Å². The number of pyridine rings is 2. The third kappa shape index (κ3) is 18.2. The summed E-state index contributed by atoms with van der Waals surface area (Å²) in [4.78, 5) is 125. The number of rotatable bonds is 16. The molecular formula is C131H82N6O8Se4. The van der Waals surface area contributed by atoms with E-state index in [4.69, 9.17) is 4.98 Å². The van der Waals surface area contributed by atoms with E-state index in [1.165, 1.54) is 16.3 Å². The molecule has 14 nitrogen and oxygen atoms in total. The van der Waals surface area contributed by atoms with Gasteiger partial charge in [0.15, 0.2) is 0 Å². The number of hydrogen-bond donors (Lipinski definition) is 0. The Balaban J connectivity index is 0.000000106. The Labute approximate surface area is 880 Å². The summed E-state index contributed by atoms with van der Waals surface area (Å²) in [6.45, 7) is 2.09. The summed E-state index contributed by atoms with van der Waals surface area (Å²) in [6.07, 6.45) is 10.8. The van der Waals surface area contributed by atoms with Gasteiger partial charge in [0.05, 0.1) is 0 Å². The van der Waals surface area contributed by atoms with E-state index in [2.05, 4.69) is 207 Å². The Bertz CT molecular complexity index is 9010. The number of allylic oxidation sites excluding steroid dienone is 4. The zero-order valence-corrected chi connectivity index (χ0v) is 86.5. The first-order valence-corrected chi connectivity index (χ1v) is 55.3. The predicted octanol–water partition coefficient (Wildman–Crippen LogP) is 29.9. The van der Waals surface area contributed by atoms with Gasteiger partial charge in [0.1, 0.15) is 0 Å². The molecule has 17 aromatic carbocycles. The van der Waals surface area contributed by atoms with Gasteiger partial charge in [0, 0.05) is 0 Å². The number of ketones is 8. The first-order chi connectivity index (χ1) is 73.1. The van der Waals surface area contributed by atoms with E-state index in [1.54, 1.807) is 24.4 Å². The minimum absolute atomic E-state index is 0.0568. The second kappa shape index (κ2) is 40.4. The summed E-state index contributed by atoms with van der Waals surface area (Å²) < 4.78 is 8.43. The molecule has 0 unspecified atom stereocenters. The quantitative estimate of drug-likeness (QED) is 0.0507. The van der Waals surface area contributed by atoms with Gasteiger partial charge >= 0.3 is 888 Å². The average molecular weight is 2180 g/mol. The first kappa shape index (κ1) is 93.7. The van der Waals surface area contributed by atoms with E-state index in [9.17, 15) is 38.4 Å². The van der Waals surface area contributed by atoms with Crippen LogP contribution in [0.3, 0.4) is 0 Å². The van der Waals surface area contributed by atoms with Crippen LogP contribution >= 0.6 is 0 Å². The maximum atomic E-state index is 13.3. The fourth-order valence-electron chi connectivity index (χ4n) is 19.8. The molecule has 0 atom stereocenters. The Morgan fingerprint density at radius 2 is 0.463 bits per heavy atom. The molecule has 0 amide bonds. The summed E-state index contributed by atoms with van der Waals surface area (Å²) in [5.41, 5.74) is 12.6. The van der Waals surface area contributed by atoms with Crippen LogP contribution in [-0.4, -0.2) is 114 Å². The number of benzene rings is 17. The number of para-hydroxylation sites is 3. The van der Waals surface area contributed by atoms with Crippen molar-refractivity contribution < 1.29 is 38.4 Å². The molecule has 0 bridgehead atoms. The summed E-state index contributed by atoms with van der Waals surface area (Å²) in [5.74, 6) is 0.160. The number of aromatic nitrogens is 2. The Kier molecular flexibility index (Phi) is 25.4. The van der Waals surface area contributed by atoms with Gasteiger partial charge in [-0.3, -0.25) is 0 Å². The van der Waals surface area contributed by atoms with Gasteiger partial charge in [0.25, 0.3) is 0 Å². The standard InChI is InChI=1S/C35H23NO2Se.2C33H20N2O2Se.C30H19NO2Se/c1-22-13-15-26(16-14-22)36(32-12-6-10-23-7-4-5-11-28(23)32)33-18-17-27(39-33)21-31-34(37)29-19-24-8-2-3-9-25(24)20-30(29)35(31)38;36-32-26-18-22-9-1-2-10-23(22)19-27(26)33(37)28(32)20-24-15-16-31(38-24)35(30-14-5-6-17-34-30)29-13-7-11-21-8-3-4-12-25(21)29;36-31-27-18-22-9-4-5-10-23(22)19-28(27)32(37)29(31)20-25-14-15-30(38-25)35(24-11-2-1-3-12-24)33-26-13-7-6-8-21(26)16-17-34-33;32-29-25-17-20-9-7-8-10-21(20)18-26(25)30(33)27(29)19-24-15-16-28(34-24)31(22-11-3-1-4-12-22)23-13-5-2-6-14-23/h2-21H,1H3;2*1-20H;1-19H. The van der Waals surface area contributed by atoms with Crippen LogP contribution in [0.15, 0.2) is 478 Å². The van der Waals surface area contributed by atoms with Crippen molar-refractivity contribution in [3.63, 3.8) is 0 Å². The fraction of sp³-hybridized carbons (Fsp3) is 0.00763. The van der Waals surface area contributed by atoms with Crippen LogP contribution in [0.4, 0.5) is 64.0 Å². The molecule has 0 saturated carbocycles. The van der Waals surface area contributed by atoms with E-state index in [1.807, 2.05) is 279 Å². The van der Waals surface area contributed by atoms with Crippen LogP contribution in [-0.2, 0) is 0 Å². The van der Waals surface area contributed by atoms with Crippen molar-refractivity contribution in [2.24, 2.45) is 0 Å². The van der Waals surface area contributed by atoms with Gasteiger partial charge in [-0.05, 0) is 0 Å². The van der Waals surface area contributed by atoms with Crippen LogP contribution < -0.4 is 19.6 Å². The van der Waals surface area contributed by atoms with Gasteiger partial charge in [-0.25, -0.2) is 0 Å². The van der Waals surface area contributed by atoms with Crippen molar-refractivity contribution in [2.75, 3.05) is 19.6 Å². The van der Waals surface area contributed by atoms with Crippen LogP contribution in [0.1, 0.15) is 106 Å². The van der Waals surface area contributed by atoms with Gasteiger partial charge in [-0.15, -0.1) is 0 Å². The normalized spacial score (nSPS) is 12.8. The first-order valence-electron chi connectivity index (χ1n) is 48.5. The van der Waals surface area contributed by atoms with Crippen LogP contribution in [0, 0.1) is 6.92 Å². The zero-order valence-electron chi connectivity index (χ0n) is 79.7. The molecule has 0 radical (unpaired) electrons. The Morgan fingerprint density at radius 3 is 0.799 bits per heavy atom. The second-order valence-corrected chi connectivity index (χ2v) is 45.5. The molecule has 4 aliphatic rings. The maximum absolute atomic E-state index is 13.3. The van der Waals surface area contributed by atoms with Crippen molar-refractivity contribution in [2.45, 2.75) is 6.92 Å². The van der Waals surface area contributed by atoms with Crippen LogP contribution in [0.5, 0.6) is 0 Å². The molecular weight excluding hydrogens is 2100 g/mol. The summed E-state index contributed by atoms with van der Waals surface area (Å²) in [6, 6.07) is 147. The molecule has 4 aliphatic carbocycles. The van der Waals surface area contributed by atoms with Crippen LogP contribution in [0.2, 0.25) is 0 Å². The average Bonchev–Trinajstić information content (AvgIpc) is 1.62. The van der Waals surface area contributed by atoms with Crippen molar-refractivity contribution >= 4 is 268 Å². The molecule has 27 rings (SSSR count). The second-order valence-electron chi connectivity index (χ2n) is 36.3. The van der Waals surface area contributed by atoms with E-state index in [0.717, 1.165) is 146 Å². The Morgan fingerprint density at radius 1 is 0.201 bits per heavy atom. The number of fused-ring (bicyclic) bond motifs is 11. The molecule has 0 fully saturated rings. The minimum atomic E-state index is -0.198. The predicted molar refractivity (Wildman–Crippen MR) is 607 cm³/mol. The molecule has 6 aromatic heterocycles. The summed E-state index contributed by atoms with van der Waals surface area (Å²) in [5, 5.41) is 14.5. The summed E-state index contributed by atoms with van der Waals surface area (Å²) >= 11 is -0.434. The molecule has 23 aromatic rings. The third-order valence-corrected chi connectivity index (χ3v) is 35.6. The van der Waals surface area contributed by atoms with Crippen molar-refractivity contribution in [1.29, 1.82) is 0 Å². The summed E-state index contributed by atoms with van der Waals surface area (Å²) in [7, 11) is 0. The van der Waals surface area contributed by atoms with Gasteiger partial charge < -0.3 is 0 Å². The molecule has 18 heteroatoms. The molecule has 6 heterocycles. The van der Waals surface area contributed by atoms with E-state index in [-0.39, 0.29) is 127 Å². The number of carbonyl (C=O) groups is 8. The monoisotopic (exact) mass is 2190 g/mol. The number of anilines is 12. The molecule has 708 valence electrons. The number of carbonyl (C=O) groups excluding carboxylic acids is 8. The molecule has 0 saturated heterocycles. The van der Waals surface area contributed by atoms with Crippen LogP contribution in [0.25, 0.3) is 99.7 Å². The SMILES string of the molecule is Cc1ccc(N(c2ccc(C=C3C(=O)c4cc5ccccc5cc4C3=O)[se]2)c2cccc3ccccc23)cc1.O=C1C(=Cc2ccc(N(c3ccccc3)c3ccccc3)[se]2)C(=O)c2cc3ccccc3cc21.O=C1C(=Cc2ccc(N(c3ccccc3)c3nccc4ccccc34)[se]2)C(=O)c2cc3ccccc3cc21.O=C1C(=Cc2ccc(N(c3ccccn3)c3cccc4ccccc34)[se]2)C(=O)c2cc3ccccc3cc21. The fourth-order valence-corrected chi connectivity index (χ4v) is 28.0. The molecule has 0 spiro atoms. The van der Waals surface area contributed by atoms with E-state index >= 15 is 0 Å². The number of Topliss-reactive ketones (excluding diaryl/α,β-unsaturated/α-hetero) is 8. The van der Waals surface area contributed by atoms with Crippen molar-refractivity contribution in [1.82, 2.24) is 9.97 Å². The van der Waals surface area contributed by atoms with Crippen molar-refractivity contribution in [3.8, 4) is 0 Å². The van der Waals surface area contributed by atoms with Crippen molar-refractivity contribution in [3.05, 3.63) is 545 Å². The van der Waals surface area contributed by atoms with Gasteiger partial charge in [-0.1, -0.05) is 0 Å². The third-order valence-electron chi connectivity index (χ3n) is 27.0. The molecule has 149 heavy (non-hydrogen) atoms. The van der Waals surface area contributed by atoms with Gasteiger partial charge in [-0.2, -0.15) is 0 Å². The molecule has 0 aliphatic heterocycles. The number of hydrogen-bond acceptors (Lipinski definition) is 14. The number of aryl methyl sites for hydroxylation is 1. The van der Waals surface area contributed by atoms with E-state index < -0.39 is 0 Å². The van der Waals surface area contributed by atoms with E-state index in [0.29, 0.717) is 44.5 Å². The van der Waals surface area contributed by atoms with Gasteiger partial charge in [0.2, 0.25) is 0 Å².